The van der Waals surface area contributed by atoms with Crippen molar-refractivity contribution in [2.45, 2.75) is 654 Å². The van der Waals surface area contributed by atoms with Crippen molar-refractivity contribution in [1.29, 1.82) is 0 Å². The van der Waals surface area contributed by atoms with Gasteiger partial charge in [0.15, 0.2) is 0 Å². The summed E-state index contributed by atoms with van der Waals surface area (Å²) in [6, 6.07) is 0. The van der Waals surface area contributed by atoms with E-state index in [0.717, 1.165) is 141 Å². The van der Waals surface area contributed by atoms with Crippen molar-refractivity contribution in [1.82, 2.24) is 0 Å². The number of fused-ring (bicyclic) bond motifs is 19. The molecule has 0 N–H and O–H groups in total. The van der Waals surface area contributed by atoms with Gasteiger partial charge in [0.1, 0.15) is 0 Å². The van der Waals surface area contributed by atoms with Crippen molar-refractivity contribution >= 4 is 0 Å². The van der Waals surface area contributed by atoms with Crippen LogP contribution in [0.4, 0.5) is 0 Å². The Labute approximate surface area is 872 Å². The van der Waals surface area contributed by atoms with Crippen molar-refractivity contribution in [3.8, 4) is 0 Å². The molecule has 4 unspecified atom stereocenters. The maximum atomic E-state index is 2.54. The van der Waals surface area contributed by atoms with Gasteiger partial charge in [0, 0.05) is 0 Å². The zero-order chi connectivity index (χ0) is 99.5. The fraction of sp³-hybridized carbons (Fsp3) is 1.00. The molecule has 36 fully saturated rings. The van der Waals surface area contributed by atoms with Crippen LogP contribution in [0.3, 0.4) is 0 Å². The second-order valence-electron chi connectivity index (χ2n) is 54.7. The second-order valence-corrected chi connectivity index (χ2v) is 54.7. The summed E-state index contributed by atoms with van der Waals surface area (Å²) in [7, 11) is 0. The van der Waals surface area contributed by atoms with Crippen LogP contribution in [0, 0.1) is 224 Å². The summed E-state index contributed by atoms with van der Waals surface area (Å²) in [6.07, 6.45) is 119. The summed E-state index contributed by atoms with van der Waals surface area (Å²) in [5, 5.41) is 0. The molecule has 0 aromatic heterocycles. The molecule has 36 aliphatic rings. The average molecular weight is 1920 g/mol. The molecule has 0 aromatic rings. The predicted molar refractivity (Wildman–Crippen MR) is 618 cm³/mol. The lowest BCUT2D eigenvalue weighted by Gasteiger charge is -2.55. The Kier molecular flexibility index (Phi) is 58.1. The van der Waals surface area contributed by atoms with Crippen molar-refractivity contribution in [2.75, 3.05) is 0 Å². The van der Waals surface area contributed by atoms with Crippen LogP contribution in [-0.4, -0.2) is 0 Å². The third kappa shape index (κ3) is 38.1. The lowest BCUT2D eigenvalue weighted by atomic mass is 9.50. The Morgan fingerprint density at radius 2 is 0.319 bits per heavy atom. The molecule has 0 heterocycles. The van der Waals surface area contributed by atoms with Crippen LogP contribution in [0.5, 0.6) is 0 Å². The van der Waals surface area contributed by atoms with Gasteiger partial charge < -0.3 is 0 Å². The van der Waals surface area contributed by atoms with Gasteiger partial charge in [-0.2, -0.15) is 0 Å². The molecule has 0 amide bonds. The van der Waals surface area contributed by atoms with Crippen molar-refractivity contribution in [3.05, 3.63) is 0 Å². The van der Waals surface area contributed by atoms with E-state index < -0.39 is 0 Å². The highest BCUT2D eigenvalue weighted by Crippen LogP contribution is 2.63. The van der Waals surface area contributed by atoms with Crippen LogP contribution in [-0.2, 0) is 0 Å². The van der Waals surface area contributed by atoms with Crippen LogP contribution in [0.15, 0.2) is 0 Å². The first-order valence-corrected chi connectivity index (χ1v) is 67.6. The fourth-order valence-corrected chi connectivity index (χ4v) is 39.9. The Bertz CT molecular complexity index is 2580. The van der Waals surface area contributed by atoms with Crippen LogP contribution in [0.1, 0.15) is 654 Å². The molecule has 138 heavy (non-hydrogen) atoms. The van der Waals surface area contributed by atoms with Crippen LogP contribution < -0.4 is 0 Å². The van der Waals surface area contributed by atoms with Gasteiger partial charge in [-0.1, -0.05) is 429 Å². The van der Waals surface area contributed by atoms with Crippen molar-refractivity contribution < 1.29 is 0 Å². The van der Waals surface area contributed by atoms with E-state index in [4.69, 9.17) is 0 Å². The Morgan fingerprint density at radius 1 is 0.145 bits per heavy atom. The molecule has 0 aliphatic heterocycles. The molecular weight excluding hydrogens is 1660 g/mol. The summed E-state index contributed by atoms with van der Waals surface area (Å²) in [5.41, 5.74) is 1.58. The average Bonchev–Trinajstić information content (AvgIpc) is 1.69. The summed E-state index contributed by atoms with van der Waals surface area (Å²) in [5.74, 6) is 41.5. The minimum Gasteiger partial charge on any atom is -0.0683 e. The normalized spacial score (nSPS) is 44.5. The monoisotopic (exact) mass is 1920 g/mol. The van der Waals surface area contributed by atoms with E-state index in [1.54, 1.807) is 366 Å². The second kappa shape index (κ2) is 66.0. The van der Waals surface area contributed by atoms with E-state index in [9.17, 15) is 0 Å². The van der Waals surface area contributed by atoms with Gasteiger partial charge in [0.2, 0.25) is 0 Å². The van der Waals surface area contributed by atoms with Gasteiger partial charge in [-0.05, 0) is 449 Å². The van der Waals surface area contributed by atoms with Crippen molar-refractivity contribution in [2.24, 2.45) is 224 Å². The van der Waals surface area contributed by atoms with E-state index in [-0.39, 0.29) is 0 Å². The molecular formula is C138H260. The summed E-state index contributed by atoms with van der Waals surface area (Å²) < 4.78 is 0. The fourth-order valence-electron chi connectivity index (χ4n) is 39.9. The summed E-state index contributed by atoms with van der Waals surface area (Å²) >= 11 is 0. The van der Waals surface area contributed by atoms with Crippen LogP contribution in [0.2, 0.25) is 0 Å². The van der Waals surface area contributed by atoms with Gasteiger partial charge in [-0.15, -0.1) is 0 Å². The molecule has 0 spiro atoms. The maximum Gasteiger partial charge on any atom is -0.0318 e. The van der Waals surface area contributed by atoms with E-state index in [1.807, 2.05) is 125 Å². The first-order chi connectivity index (χ1) is 67.6. The molecule has 0 heteroatoms. The number of rotatable bonds is 2. The first-order valence-electron chi connectivity index (χ1n) is 67.6. The molecule has 34 bridgehead atoms. The van der Waals surface area contributed by atoms with Gasteiger partial charge >= 0.3 is 0 Å². The van der Waals surface area contributed by atoms with E-state index in [1.165, 1.54) is 205 Å². The molecule has 0 saturated heterocycles. The van der Waals surface area contributed by atoms with E-state index in [0.29, 0.717) is 0 Å². The summed E-state index contributed by atoms with van der Waals surface area (Å²) in [4.78, 5) is 0. The first kappa shape index (κ1) is 122. The highest BCUT2D eigenvalue weighted by molar-refractivity contribution is 5.03. The molecule has 0 nitrogen and oxygen atoms in total. The highest BCUT2D eigenvalue weighted by atomic mass is 14.6. The smallest absolute Gasteiger partial charge is 0.0318 e. The Balaban J connectivity index is 0.000000165. The van der Waals surface area contributed by atoms with Gasteiger partial charge in [0.05, 0.1) is 0 Å². The SMILES string of the molecule is C1C2CC3CC1CC3C2.C1C2CC3CC1CC3C2.C1CC2CC(C1)C2.C1CC2CCC1C2.C1CC2CCC1C2.C1CC2CCC1CC2.C1CC2CCCC(C1)C2.CC.CC.CC.CC.CC.CC.CC.CC.CC.CC12CC3CC(CC(C3)C1)C2.CC12CCCC(CCC1)C2.CC1C2CC3CC(C2)CC1C3.CC1C2CCCC1CCC2.CCC1CC2CCCC(C1)C2.CCC1CC2CCCC(C1)C2. The van der Waals surface area contributed by atoms with Crippen molar-refractivity contribution in [3.63, 3.8) is 0 Å². The minimum atomic E-state index is 0.779. The third-order valence-electron chi connectivity index (χ3n) is 45.6. The molecule has 36 saturated carbocycles. The maximum absolute atomic E-state index is 2.54. The lowest BCUT2D eigenvalue weighted by molar-refractivity contribution is -0.0411. The highest BCUT2D eigenvalue weighted by Gasteiger charge is 2.52. The molecule has 0 aromatic carbocycles. The Hall–Kier alpha value is 0. The van der Waals surface area contributed by atoms with E-state index in [2.05, 4.69) is 41.5 Å². The molecule has 0 radical (unpaired) electrons. The number of hydrogen-bond acceptors (Lipinski definition) is 0. The standard InChI is InChI=1S/2C11H18.2C11H20.2C10H18.2C9H14.C9H16.C8H14.3C7H12.9C2H6/c1-11-5-8-2-9(6-11)4-10(3-8)7-11;1-7-10-3-8-2-9(5-10)6-11(7)4-8;2*1-2-9-6-10-4-3-5-11(7-9)8-10;1-10-6-2-4-9(8-10)5-3-7-10;1-8-9-4-2-5-10(8)7-3-6-9;2*1-6-2-8-4-7(1)5-9(8)3-6;1-3-8-5-2-6-9(4-1)7-8;1-2-8-5-3-7(1)4-6-8;2*1-2-7-4-3-6(1)5-7;1-2-6-4-7(3-1)5-6;9*1-2/h8-10H,2-7H2,1H3;7-11H,2-6H2,1H3;2*9-11H,2-8H2,1H3;9H,2-8H2,1H3;8-10H,2-7H2,1H3;2*6-9H,1-5H2;8-9H,1-7H2;7-8H,1-6H2;3*6-7H,1-5H2;9*1-2H3. The van der Waals surface area contributed by atoms with Gasteiger partial charge in [-0.25, -0.2) is 0 Å². The lowest BCUT2D eigenvalue weighted by Crippen LogP contribution is -2.44. The zero-order valence-electron chi connectivity index (χ0n) is 99.5. The van der Waals surface area contributed by atoms with Crippen LogP contribution in [0.25, 0.3) is 0 Å². The summed E-state index contributed by atoms with van der Waals surface area (Å²) in [6.45, 7) is 50.8. The topological polar surface area (TPSA) is 0 Å². The number of hydrogen-bond donors (Lipinski definition) is 0. The third-order valence-corrected chi connectivity index (χ3v) is 45.6. The molecule has 4 atom stereocenters. The molecule has 36 aliphatic carbocycles. The molecule has 812 valence electrons. The quantitative estimate of drug-likeness (QED) is 0.259. The van der Waals surface area contributed by atoms with Crippen LogP contribution >= 0.6 is 0 Å². The molecule has 36 rings (SSSR count). The Morgan fingerprint density at radius 3 is 0.514 bits per heavy atom. The van der Waals surface area contributed by atoms with E-state index >= 15 is 0 Å². The zero-order valence-corrected chi connectivity index (χ0v) is 99.5. The largest absolute Gasteiger partial charge is 0.0683 e. The van der Waals surface area contributed by atoms with Gasteiger partial charge in [-0.3, -0.25) is 0 Å². The minimum absolute atomic E-state index is 0.779. The van der Waals surface area contributed by atoms with Gasteiger partial charge in [0.25, 0.3) is 0 Å². The predicted octanol–water partition coefficient (Wildman–Crippen LogP) is 46.4.